The van der Waals surface area contributed by atoms with E-state index in [2.05, 4.69) is 0 Å². The van der Waals surface area contributed by atoms with Gasteiger partial charge in [-0.3, -0.25) is 0 Å². The molecule has 0 bridgehead atoms. The largest absolute Gasteiger partial charge is 0.419 e. The normalized spacial score (nSPS) is 11.9. The zero-order valence-corrected chi connectivity index (χ0v) is 19.9. The highest BCUT2D eigenvalue weighted by molar-refractivity contribution is 5.88. The van der Waals surface area contributed by atoms with Gasteiger partial charge in [0.1, 0.15) is 23.3 Å². The molecule has 0 aliphatic heterocycles. The number of hydrogen-bond donors (Lipinski definition) is 0. The number of halogens is 7. The average Bonchev–Trinajstić information content (AvgIpc) is 2.82. The van der Waals surface area contributed by atoms with E-state index in [0.29, 0.717) is 47.6 Å². The maximum atomic E-state index is 15.2. The van der Waals surface area contributed by atoms with Crippen LogP contribution in [0.3, 0.4) is 0 Å². The van der Waals surface area contributed by atoms with Crippen molar-refractivity contribution in [3.8, 4) is 11.1 Å². The van der Waals surface area contributed by atoms with E-state index in [0.717, 1.165) is 6.07 Å². The lowest BCUT2D eigenvalue weighted by Crippen LogP contribution is -2.08. The zero-order valence-electron chi connectivity index (χ0n) is 19.9. The Kier molecular flexibility index (Phi) is 7.87. The summed E-state index contributed by atoms with van der Waals surface area (Å²) in [5, 5.41) is 0.666. The molecule has 0 atom stereocenters. The van der Waals surface area contributed by atoms with Crippen LogP contribution < -0.4 is 0 Å². The molecule has 4 rings (SSSR count). The number of fused-ring (bicyclic) bond motifs is 1. The predicted molar refractivity (Wildman–Crippen MR) is 128 cm³/mol. The highest BCUT2D eigenvalue weighted by Crippen LogP contribution is 2.33. The van der Waals surface area contributed by atoms with Crippen molar-refractivity contribution >= 4 is 10.8 Å². The smallest absolute Gasteiger partial charge is 0.385 e. The first-order valence-electron chi connectivity index (χ1n) is 11.6. The van der Waals surface area contributed by atoms with Gasteiger partial charge in [-0.25, -0.2) is 17.6 Å². The van der Waals surface area contributed by atoms with Crippen molar-refractivity contribution in [2.24, 2.45) is 0 Å². The van der Waals surface area contributed by atoms with Crippen molar-refractivity contribution < 1.29 is 35.5 Å². The second kappa shape index (κ2) is 10.9. The van der Waals surface area contributed by atoms with E-state index in [1.165, 1.54) is 42.5 Å². The summed E-state index contributed by atoms with van der Waals surface area (Å²) in [6.07, 6.45) is -3.44. The number of rotatable bonds is 8. The molecule has 194 valence electrons. The lowest BCUT2D eigenvalue weighted by Gasteiger charge is -2.12. The summed E-state index contributed by atoms with van der Waals surface area (Å²) in [6, 6.07) is 12.7. The topological polar surface area (TPSA) is 9.23 Å². The molecule has 0 aromatic heterocycles. The van der Waals surface area contributed by atoms with E-state index in [4.69, 9.17) is 4.74 Å². The number of benzene rings is 4. The monoisotopic (exact) mass is 520 g/mol. The number of hydrogen-bond acceptors (Lipinski definition) is 1. The van der Waals surface area contributed by atoms with Crippen molar-refractivity contribution in [3.63, 3.8) is 0 Å². The molecule has 0 aliphatic carbocycles. The summed E-state index contributed by atoms with van der Waals surface area (Å²) < 4.78 is 102. The molecule has 0 saturated heterocycles. The molecule has 0 N–H and O–H groups in total. The highest BCUT2D eigenvalue weighted by atomic mass is 19.4. The van der Waals surface area contributed by atoms with Gasteiger partial charge in [-0.15, -0.1) is 0 Å². The highest BCUT2D eigenvalue weighted by Gasteiger charge is 2.33. The summed E-state index contributed by atoms with van der Waals surface area (Å²) in [7, 11) is 1.55. The van der Waals surface area contributed by atoms with Crippen molar-refractivity contribution in [2.45, 2.75) is 31.9 Å². The van der Waals surface area contributed by atoms with Gasteiger partial charge < -0.3 is 4.74 Å². The zero-order chi connectivity index (χ0) is 26.7. The summed E-state index contributed by atoms with van der Waals surface area (Å²) >= 11 is 0. The number of ether oxygens (including phenoxy) is 1. The van der Waals surface area contributed by atoms with Gasteiger partial charge >= 0.3 is 6.18 Å². The molecule has 8 heteroatoms. The summed E-state index contributed by atoms with van der Waals surface area (Å²) in [5.41, 5.74) is -0.183. The fourth-order valence-corrected chi connectivity index (χ4v) is 4.37. The van der Waals surface area contributed by atoms with Crippen LogP contribution in [0.2, 0.25) is 0 Å². The molecule has 37 heavy (non-hydrogen) atoms. The maximum Gasteiger partial charge on any atom is 0.419 e. The van der Waals surface area contributed by atoms with Crippen molar-refractivity contribution in [1.29, 1.82) is 0 Å². The number of aryl methyl sites for hydroxylation is 3. The van der Waals surface area contributed by atoms with Crippen LogP contribution in [-0.2, 0) is 30.2 Å². The van der Waals surface area contributed by atoms with Gasteiger partial charge in [0.25, 0.3) is 0 Å². The van der Waals surface area contributed by atoms with Gasteiger partial charge in [0.05, 0.1) is 11.1 Å². The Morgan fingerprint density at radius 3 is 2.05 bits per heavy atom. The molecule has 4 aromatic carbocycles. The Balaban J connectivity index is 1.55. The fraction of sp³-hybridized carbons (Fsp3) is 0.241. The van der Waals surface area contributed by atoms with Crippen LogP contribution >= 0.6 is 0 Å². The Morgan fingerprint density at radius 2 is 1.41 bits per heavy atom. The van der Waals surface area contributed by atoms with Gasteiger partial charge in [0.2, 0.25) is 0 Å². The number of methoxy groups -OCH3 is 1. The Hall–Kier alpha value is -3.39. The summed E-state index contributed by atoms with van der Waals surface area (Å²) in [5.74, 6) is -3.36. The number of alkyl halides is 3. The van der Waals surface area contributed by atoms with Crippen LogP contribution in [0.25, 0.3) is 21.9 Å². The van der Waals surface area contributed by atoms with E-state index in [1.54, 1.807) is 13.2 Å². The molecule has 0 unspecified atom stereocenters. The molecular formula is C29H23F7O. The van der Waals surface area contributed by atoms with Crippen molar-refractivity contribution in [1.82, 2.24) is 0 Å². The van der Waals surface area contributed by atoms with Crippen LogP contribution in [0.4, 0.5) is 30.7 Å². The molecule has 0 amide bonds. The molecule has 0 radical (unpaired) electrons. The minimum Gasteiger partial charge on any atom is -0.385 e. The van der Waals surface area contributed by atoms with Crippen LogP contribution in [0.15, 0.2) is 60.7 Å². The minimum atomic E-state index is -4.79. The third kappa shape index (κ3) is 5.96. The van der Waals surface area contributed by atoms with E-state index in [-0.39, 0.29) is 29.4 Å². The maximum absolute atomic E-state index is 15.2. The van der Waals surface area contributed by atoms with Gasteiger partial charge in [0, 0.05) is 19.1 Å². The standard InChI is InChI=1S/C29H23F7O/c1-37-12-2-3-18-14-25(31)27(26(32)15-18)21-9-10-22-20(16-21)8-7-19(28(22)33)6-4-17-5-11-23(24(30)13-17)29(34,35)36/h5,7-11,13-16H,2-4,6,12H2,1H3. The first-order chi connectivity index (χ1) is 17.6. The Bertz CT molecular complexity index is 1400. The average molecular weight is 520 g/mol. The van der Waals surface area contributed by atoms with E-state index in [9.17, 15) is 26.3 Å². The SMILES string of the molecule is COCCCc1cc(F)c(-c2ccc3c(F)c(CCc4ccc(C(F)(F)F)c(F)c4)ccc3c2)c(F)c1. The first kappa shape index (κ1) is 26.7. The van der Waals surface area contributed by atoms with Crippen LogP contribution in [0.1, 0.15) is 28.7 Å². The molecule has 1 nitrogen and oxygen atoms in total. The minimum absolute atomic E-state index is 0.127. The summed E-state index contributed by atoms with van der Waals surface area (Å²) in [6.45, 7) is 0.477. The summed E-state index contributed by atoms with van der Waals surface area (Å²) in [4.78, 5) is 0. The quantitative estimate of drug-likeness (QED) is 0.167. The second-order valence-electron chi connectivity index (χ2n) is 8.82. The molecule has 0 saturated carbocycles. The second-order valence-corrected chi connectivity index (χ2v) is 8.82. The predicted octanol–water partition coefficient (Wildman–Crippen LogP) is 8.45. The van der Waals surface area contributed by atoms with Crippen molar-refractivity contribution in [2.75, 3.05) is 13.7 Å². The van der Waals surface area contributed by atoms with Gasteiger partial charge in [-0.1, -0.05) is 30.3 Å². The van der Waals surface area contributed by atoms with Crippen LogP contribution in [0, 0.1) is 23.3 Å². The van der Waals surface area contributed by atoms with E-state index in [1.807, 2.05) is 0 Å². The molecule has 0 aliphatic rings. The molecule has 4 aromatic rings. The third-order valence-corrected chi connectivity index (χ3v) is 6.26. The molecule has 0 fully saturated rings. The molecule has 0 heterocycles. The Morgan fingerprint density at radius 1 is 0.703 bits per heavy atom. The van der Waals surface area contributed by atoms with Crippen LogP contribution in [-0.4, -0.2) is 13.7 Å². The van der Waals surface area contributed by atoms with Gasteiger partial charge in [-0.05, 0) is 83.7 Å². The lowest BCUT2D eigenvalue weighted by molar-refractivity contribution is -0.140. The third-order valence-electron chi connectivity index (χ3n) is 6.26. The van der Waals surface area contributed by atoms with Gasteiger partial charge in [-0.2, -0.15) is 13.2 Å². The van der Waals surface area contributed by atoms with E-state index >= 15 is 4.39 Å². The molecular weight excluding hydrogens is 497 g/mol. The fourth-order valence-electron chi connectivity index (χ4n) is 4.37. The van der Waals surface area contributed by atoms with Crippen molar-refractivity contribution in [3.05, 3.63) is 106 Å². The van der Waals surface area contributed by atoms with Crippen LogP contribution in [0.5, 0.6) is 0 Å². The first-order valence-corrected chi connectivity index (χ1v) is 11.6. The molecule has 0 spiro atoms. The van der Waals surface area contributed by atoms with E-state index < -0.39 is 35.0 Å². The van der Waals surface area contributed by atoms with Gasteiger partial charge in [0.15, 0.2) is 0 Å². The lowest BCUT2D eigenvalue weighted by atomic mass is 9.95. The Labute approximate surface area is 209 Å².